The smallest absolute Gasteiger partial charge is 0.162 e. The Morgan fingerprint density at radius 3 is 2.65 bits per heavy atom. The molecule has 1 fully saturated rings. The second-order valence-electron chi connectivity index (χ2n) is 4.79. The van der Waals surface area contributed by atoms with Crippen molar-refractivity contribution in [2.24, 2.45) is 5.41 Å². The fourth-order valence-corrected chi connectivity index (χ4v) is 2.16. The topological polar surface area (TPSA) is 29.5 Å². The van der Waals surface area contributed by atoms with Gasteiger partial charge in [-0.25, -0.2) is 8.78 Å². The van der Waals surface area contributed by atoms with E-state index >= 15 is 0 Å². The standard InChI is InChI=1S/C13H16F2O2/c1-3-13(2)11(16)7-12(13)17-8-4-5-9(14)10(15)6-8/h4-6,11-12,16H,3,7H2,1-2H3. The van der Waals surface area contributed by atoms with Gasteiger partial charge in [0.2, 0.25) is 0 Å². The molecule has 1 saturated carbocycles. The van der Waals surface area contributed by atoms with Gasteiger partial charge in [-0.2, -0.15) is 0 Å². The molecule has 0 radical (unpaired) electrons. The van der Waals surface area contributed by atoms with Crippen LogP contribution in [-0.2, 0) is 0 Å². The fourth-order valence-electron chi connectivity index (χ4n) is 2.16. The SMILES string of the molecule is CCC1(C)C(O)CC1Oc1ccc(F)c(F)c1. The highest BCUT2D eigenvalue weighted by Crippen LogP contribution is 2.45. The van der Waals surface area contributed by atoms with Gasteiger partial charge in [-0.3, -0.25) is 0 Å². The number of hydrogen-bond donors (Lipinski definition) is 1. The van der Waals surface area contributed by atoms with Crippen molar-refractivity contribution in [1.29, 1.82) is 0 Å². The van der Waals surface area contributed by atoms with E-state index in [9.17, 15) is 13.9 Å². The minimum absolute atomic E-state index is 0.146. The van der Waals surface area contributed by atoms with Gasteiger partial charge in [0.1, 0.15) is 11.9 Å². The van der Waals surface area contributed by atoms with Crippen LogP contribution >= 0.6 is 0 Å². The number of hydrogen-bond acceptors (Lipinski definition) is 2. The largest absolute Gasteiger partial charge is 0.490 e. The predicted molar refractivity (Wildman–Crippen MR) is 59.8 cm³/mol. The van der Waals surface area contributed by atoms with Crippen LogP contribution < -0.4 is 4.74 Å². The molecule has 1 aromatic carbocycles. The van der Waals surface area contributed by atoms with Gasteiger partial charge in [-0.05, 0) is 18.6 Å². The number of ether oxygens (including phenoxy) is 1. The molecule has 94 valence electrons. The normalized spacial score (nSPS) is 32.1. The Hall–Kier alpha value is -1.16. The molecule has 1 N–H and O–H groups in total. The van der Waals surface area contributed by atoms with E-state index in [0.717, 1.165) is 18.6 Å². The maximum absolute atomic E-state index is 13.0. The van der Waals surface area contributed by atoms with Gasteiger partial charge in [-0.1, -0.05) is 13.8 Å². The van der Waals surface area contributed by atoms with E-state index < -0.39 is 11.6 Å². The van der Waals surface area contributed by atoms with Crippen LogP contribution in [-0.4, -0.2) is 17.3 Å². The molecule has 0 amide bonds. The van der Waals surface area contributed by atoms with E-state index in [1.807, 2.05) is 13.8 Å². The number of rotatable bonds is 3. The number of aliphatic hydroxyl groups excluding tert-OH is 1. The molecular formula is C13H16F2O2. The zero-order valence-corrected chi connectivity index (χ0v) is 9.91. The molecule has 1 aromatic rings. The molecule has 4 heteroatoms. The van der Waals surface area contributed by atoms with Gasteiger partial charge >= 0.3 is 0 Å². The predicted octanol–water partition coefficient (Wildman–Crippen LogP) is 2.89. The highest BCUT2D eigenvalue weighted by atomic mass is 19.2. The lowest BCUT2D eigenvalue weighted by Gasteiger charge is -2.50. The summed E-state index contributed by atoms with van der Waals surface area (Å²) in [4.78, 5) is 0. The fraction of sp³-hybridized carbons (Fsp3) is 0.538. The molecule has 0 heterocycles. The van der Waals surface area contributed by atoms with Crippen LogP contribution in [0.4, 0.5) is 8.78 Å². The average Bonchev–Trinajstić information content (AvgIpc) is 2.32. The molecular weight excluding hydrogens is 226 g/mol. The third-order valence-electron chi connectivity index (χ3n) is 3.87. The summed E-state index contributed by atoms with van der Waals surface area (Å²) in [6.45, 7) is 3.91. The monoisotopic (exact) mass is 242 g/mol. The first-order valence-electron chi connectivity index (χ1n) is 5.77. The Balaban J connectivity index is 2.09. The Labute approximate surface area is 99.2 Å². The summed E-state index contributed by atoms with van der Waals surface area (Å²) in [6.07, 6.45) is 0.779. The summed E-state index contributed by atoms with van der Waals surface area (Å²) < 4.78 is 31.3. The minimum atomic E-state index is -0.916. The van der Waals surface area contributed by atoms with Crippen molar-refractivity contribution in [2.45, 2.75) is 38.9 Å². The zero-order valence-electron chi connectivity index (χ0n) is 9.91. The number of benzene rings is 1. The van der Waals surface area contributed by atoms with Crippen LogP contribution in [0.5, 0.6) is 5.75 Å². The van der Waals surface area contributed by atoms with E-state index in [1.165, 1.54) is 6.07 Å². The molecule has 0 aliphatic heterocycles. The second kappa shape index (κ2) is 4.26. The van der Waals surface area contributed by atoms with Crippen LogP contribution in [0.2, 0.25) is 0 Å². The van der Waals surface area contributed by atoms with Crippen LogP contribution in [0.25, 0.3) is 0 Å². The molecule has 0 bridgehead atoms. The van der Waals surface area contributed by atoms with Crippen molar-refractivity contribution < 1.29 is 18.6 Å². The van der Waals surface area contributed by atoms with E-state index in [4.69, 9.17) is 4.74 Å². The number of aliphatic hydroxyl groups is 1. The molecule has 1 aliphatic carbocycles. The van der Waals surface area contributed by atoms with Crippen LogP contribution in [0.1, 0.15) is 26.7 Å². The first-order valence-corrected chi connectivity index (χ1v) is 5.77. The molecule has 3 atom stereocenters. The quantitative estimate of drug-likeness (QED) is 0.883. The van der Waals surface area contributed by atoms with Crippen molar-refractivity contribution in [2.75, 3.05) is 0 Å². The van der Waals surface area contributed by atoms with Crippen molar-refractivity contribution in [3.05, 3.63) is 29.8 Å². The number of halogens is 2. The first kappa shape index (κ1) is 12.3. The highest BCUT2D eigenvalue weighted by molar-refractivity contribution is 5.24. The van der Waals surface area contributed by atoms with Crippen LogP contribution in [0.3, 0.4) is 0 Å². The van der Waals surface area contributed by atoms with Gasteiger partial charge in [0.05, 0.1) is 6.10 Å². The van der Waals surface area contributed by atoms with Crippen molar-refractivity contribution in [3.63, 3.8) is 0 Å². The Morgan fingerprint density at radius 1 is 1.41 bits per heavy atom. The Bertz CT molecular complexity index is 422. The third kappa shape index (κ3) is 2.02. The summed E-state index contributed by atoms with van der Waals surface area (Å²) in [5.74, 6) is -1.50. The molecule has 1 aliphatic rings. The van der Waals surface area contributed by atoms with Gasteiger partial charge in [0, 0.05) is 17.9 Å². The molecule has 0 saturated heterocycles. The minimum Gasteiger partial charge on any atom is -0.490 e. The lowest BCUT2D eigenvalue weighted by molar-refractivity contribution is -0.147. The van der Waals surface area contributed by atoms with Gasteiger partial charge in [-0.15, -0.1) is 0 Å². The van der Waals surface area contributed by atoms with E-state index in [0.29, 0.717) is 12.2 Å². The van der Waals surface area contributed by atoms with Gasteiger partial charge in [0.25, 0.3) is 0 Å². The Kier molecular flexibility index (Phi) is 3.08. The maximum Gasteiger partial charge on any atom is 0.162 e. The van der Waals surface area contributed by atoms with Gasteiger partial charge < -0.3 is 9.84 Å². The van der Waals surface area contributed by atoms with Crippen molar-refractivity contribution >= 4 is 0 Å². The van der Waals surface area contributed by atoms with E-state index in [2.05, 4.69) is 0 Å². The zero-order chi connectivity index (χ0) is 12.6. The lowest BCUT2D eigenvalue weighted by atomic mass is 9.63. The van der Waals surface area contributed by atoms with Gasteiger partial charge in [0.15, 0.2) is 11.6 Å². The molecule has 2 nitrogen and oxygen atoms in total. The van der Waals surface area contributed by atoms with E-state index in [-0.39, 0.29) is 17.6 Å². The highest BCUT2D eigenvalue weighted by Gasteiger charge is 2.51. The first-order chi connectivity index (χ1) is 7.97. The lowest BCUT2D eigenvalue weighted by Crippen LogP contribution is -2.57. The summed E-state index contributed by atoms with van der Waals surface area (Å²) in [6, 6.07) is 3.48. The van der Waals surface area contributed by atoms with Crippen molar-refractivity contribution in [1.82, 2.24) is 0 Å². The summed E-state index contributed by atoms with van der Waals surface area (Å²) in [5.41, 5.74) is -0.301. The maximum atomic E-state index is 13.0. The molecule has 0 aromatic heterocycles. The van der Waals surface area contributed by atoms with E-state index in [1.54, 1.807) is 0 Å². The van der Waals surface area contributed by atoms with Crippen molar-refractivity contribution in [3.8, 4) is 5.75 Å². The second-order valence-corrected chi connectivity index (χ2v) is 4.79. The molecule has 0 spiro atoms. The molecule has 2 rings (SSSR count). The summed E-state index contributed by atoms with van der Waals surface area (Å²) in [5, 5.41) is 9.70. The van der Waals surface area contributed by atoms with Crippen LogP contribution in [0, 0.1) is 17.0 Å². The third-order valence-corrected chi connectivity index (χ3v) is 3.87. The summed E-state index contributed by atoms with van der Waals surface area (Å²) >= 11 is 0. The summed E-state index contributed by atoms with van der Waals surface area (Å²) in [7, 11) is 0. The molecule has 3 unspecified atom stereocenters. The average molecular weight is 242 g/mol. The Morgan fingerprint density at radius 2 is 2.12 bits per heavy atom. The molecule has 17 heavy (non-hydrogen) atoms. The van der Waals surface area contributed by atoms with Crippen LogP contribution in [0.15, 0.2) is 18.2 Å².